The number of hydrogen-bond donors (Lipinski definition) is 0. The molecule has 4 aromatic rings. The van der Waals surface area contributed by atoms with Gasteiger partial charge in [0.05, 0.1) is 11.2 Å². The van der Waals surface area contributed by atoms with Crippen molar-refractivity contribution in [2.45, 2.75) is 65.2 Å². The van der Waals surface area contributed by atoms with Crippen LogP contribution >= 0.6 is 0 Å². The van der Waals surface area contributed by atoms with Crippen molar-refractivity contribution in [2.24, 2.45) is 0 Å². The second-order valence-electron chi connectivity index (χ2n) is 9.35. The van der Waals surface area contributed by atoms with E-state index in [9.17, 15) is 0 Å². The lowest BCUT2D eigenvalue weighted by molar-refractivity contribution is 0.686. The number of rotatable bonds is 3. The molecular weight excluding hydrogens is 364 g/mol. The molecule has 0 radical (unpaired) electrons. The fourth-order valence-corrected chi connectivity index (χ4v) is 5.05. The molecule has 0 amide bonds. The average molecular weight is 395 g/mol. The third-order valence-corrected chi connectivity index (χ3v) is 6.71. The Balaban J connectivity index is 1.83. The first-order chi connectivity index (χ1) is 14.5. The minimum Gasteiger partial charge on any atom is -0.236 e. The zero-order valence-corrected chi connectivity index (χ0v) is 18.5. The maximum Gasteiger partial charge on any atom is 0.116 e. The van der Waals surface area contributed by atoms with Gasteiger partial charge in [-0.25, -0.2) is 9.97 Å². The van der Waals surface area contributed by atoms with Gasteiger partial charge in [0.2, 0.25) is 0 Å². The first-order valence-electron chi connectivity index (χ1n) is 11.4. The molecule has 1 aromatic heterocycles. The van der Waals surface area contributed by atoms with Gasteiger partial charge in [-0.3, -0.25) is 0 Å². The summed E-state index contributed by atoms with van der Waals surface area (Å²) in [5.41, 5.74) is 9.24. The molecule has 0 bridgehead atoms. The first kappa shape index (κ1) is 19.2. The molecular formula is C28H30N2. The van der Waals surface area contributed by atoms with Crippen LogP contribution in [0.25, 0.3) is 32.9 Å². The summed E-state index contributed by atoms with van der Waals surface area (Å²) in [4.78, 5) is 9.62. The summed E-state index contributed by atoms with van der Waals surface area (Å²) in [6, 6.07) is 16.0. The zero-order valence-electron chi connectivity index (χ0n) is 18.5. The molecule has 0 atom stereocenters. The second-order valence-corrected chi connectivity index (χ2v) is 9.35. The van der Waals surface area contributed by atoms with E-state index in [-0.39, 0.29) is 0 Å². The molecule has 0 saturated carbocycles. The standard InChI is InChI=1S/C28H30N2/c1-17(2)21-14-20-12-13-24-27(23-11-7-9-19-8-5-6-10-22(19)23)29-16-30-28(24)26(20)25(15-21)18(3)4/h7,9,11-18H,5-6,8,10H2,1-4H3. The summed E-state index contributed by atoms with van der Waals surface area (Å²) in [6.07, 6.45) is 6.66. The maximum atomic E-state index is 4.81. The molecule has 0 unspecified atom stereocenters. The van der Waals surface area contributed by atoms with Crippen LogP contribution in [0.1, 0.15) is 74.6 Å². The van der Waals surface area contributed by atoms with Gasteiger partial charge in [0, 0.05) is 16.3 Å². The summed E-state index contributed by atoms with van der Waals surface area (Å²) in [7, 11) is 0. The number of nitrogens with zero attached hydrogens (tertiary/aromatic N) is 2. The molecule has 0 fully saturated rings. The maximum absolute atomic E-state index is 4.81. The van der Waals surface area contributed by atoms with Gasteiger partial charge in [-0.1, -0.05) is 64.1 Å². The molecule has 1 heterocycles. The molecule has 0 N–H and O–H groups in total. The SMILES string of the molecule is CC(C)c1cc(C(C)C)c2c(ccc3c(-c4cccc5c4CCCC5)ncnc32)c1. The second kappa shape index (κ2) is 7.50. The normalized spacial score (nSPS) is 14.1. The lowest BCUT2D eigenvalue weighted by Gasteiger charge is -2.20. The van der Waals surface area contributed by atoms with Gasteiger partial charge in [-0.2, -0.15) is 0 Å². The van der Waals surface area contributed by atoms with Crippen molar-refractivity contribution in [1.29, 1.82) is 0 Å². The van der Waals surface area contributed by atoms with Crippen LogP contribution in [0, 0.1) is 0 Å². The van der Waals surface area contributed by atoms with Crippen LogP contribution in [0.4, 0.5) is 0 Å². The summed E-state index contributed by atoms with van der Waals surface area (Å²) >= 11 is 0. The summed E-state index contributed by atoms with van der Waals surface area (Å²) < 4.78 is 0. The molecule has 1 aliphatic carbocycles. The number of aromatic nitrogens is 2. The van der Waals surface area contributed by atoms with Crippen LogP contribution in [0.5, 0.6) is 0 Å². The van der Waals surface area contributed by atoms with Crippen LogP contribution in [0.15, 0.2) is 48.8 Å². The zero-order chi connectivity index (χ0) is 20.8. The summed E-state index contributed by atoms with van der Waals surface area (Å²) in [5.74, 6) is 0.957. The van der Waals surface area contributed by atoms with Gasteiger partial charge >= 0.3 is 0 Å². The molecule has 0 spiro atoms. The Morgan fingerprint density at radius 1 is 0.833 bits per heavy atom. The topological polar surface area (TPSA) is 25.8 Å². The van der Waals surface area contributed by atoms with Crippen molar-refractivity contribution >= 4 is 21.7 Å². The van der Waals surface area contributed by atoms with E-state index in [1.165, 1.54) is 63.2 Å². The molecule has 30 heavy (non-hydrogen) atoms. The van der Waals surface area contributed by atoms with Crippen molar-refractivity contribution in [3.8, 4) is 11.3 Å². The molecule has 2 heteroatoms. The van der Waals surface area contributed by atoms with Crippen LogP contribution in [0.2, 0.25) is 0 Å². The van der Waals surface area contributed by atoms with E-state index in [2.05, 4.69) is 70.2 Å². The minimum atomic E-state index is 0.444. The molecule has 5 rings (SSSR count). The third-order valence-electron chi connectivity index (χ3n) is 6.71. The first-order valence-corrected chi connectivity index (χ1v) is 11.4. The summed E-state index contributed by atoms with van der Waals surface area (Å²) in [6.45, 7) is 9.11. The highest BCUT2D eigenvalue weighted by Crippen LogP contribution is 2.38. The number of aryl methyl sites for hydroxylation is 1. The Morgan fingerprint density at radius 3 is 2.47 bits per heavy atom. The highest BCUT2D eigenvalue weighted by atomic mass is 14.8. The Labute approximate surface area is 179 Å². The smallest absolute Gasteiger partial charge is 0.116 e. The van der Waals surface area contributed by atoms with Crippen LogP contribution in [-0.2, 0) is 12.8 Å². The van der Waals surface area contributed by atoms with E-state index in [0.29, 0.717) is 11.8 Å². The van der Waals surface area contributed by atoms with E-state index >= 15 is 0 Å². The number of fused-ring (bicyclic) bond motifs is 4. The van der Waals surface area contributed by atoms with Crippen molar-refractivity contribution in [1.82, 2.24) is 9.97 Å². The van der Waals surface area contributed by atoms with Gasteiger partial charge in [-0.15, -0.1) is 0 Å². The fourth-order valence-electron chi connectivity index (χ4n) is 5.05. The Bertz CT molecular complexity index is 1250. The van der Waals surface area contributed by atoms with Crippen molar-refractivity contribution in [2.75, 3.05) is 0 Å². The van der Waals surface area contributed by atoms with Crippen molar-refractivity contribution in [3.05, 3.63) is 71.0 Å². The fraction of sp³-hybridized carbons (Fsp3) is 0.357. The number of hydrogen-bond acceptors (Lipinski definition) is 2. The molecule has 2 nitrogen and oxygen atoms in total. The van der Waals surface area contributed by atoms with Gasteiger partial charge in [-0.05, 0) is 71.2 Å². The van der Waals surface area contributed by atoms with Gasteiger partial charge in [0.15, 0.2) is 0 Å². The van der Waals surface area contributed by atoms with E-state index in [0.717, 1.165) is 17.6 Å². The van der Waals surface area contributed by atoms with E-state index < -0.39 is 0 Å². The Morgan fingerprint density at radius 2 is 1.67 bits per heavy atom. The predicted octanol–water partition coefficient (Wildman–Crippen LogP) is 7.58. The van der Waals surface area contributed by atoms with Crippen molar-refractivity contribution in [3.63, 3.8) is 0 Å². The third kappa shape index (κ3) is 3.10. The van der Waals surface area contributed by atoms with E-state index in [1.807, 2.05) is 0 Å². The van der Waals surface area contributed by atoms with E-state index in [1.54, 1.807) is 6.33 Å². The lowest BCUT2D eigenvalue weighted by atomic mass is 9.85. The monoisotopic (exact) mass is 394 g/mol. The molecule has 0 aliphatic heterocycles. The average Bonchev–Trinajstić information content (AvgIpc) is 2.77. The number of benzene rings is 3. The minimum absolute atomic E-state index is 0.444. The lowest BCUT2D eigenvalue weighted by Crippen LogP contribution is -2.05. The Kier molecular flexibility index (Phi) is 4.81. The van der Waals surface area contributed by atoms with Crippen LogP contribution < -0.4 is 0 Å². The predicted molar refractivity (Wildman–Crippen MR) is 127 cm³/mol. The summed E-state index contributed by atoms with van der Waals surface area (Å²) in [5, 5.41) is 3.75. The molecule has 0 saturated heterocycles. The van der Waals surface area contributed by atoms with Gasteiger partial charge < -0.3 is 0 Å². The van der Waals surface area contributed by atoms with Gasteiger partial charge in [0.1, 0.15) is 6.33 Å². The highest BCUT2D eigenvalue weighted by molar-refractivity contribution is 6.11. The highest BCUT2D eigenvalue weighted by Gasteiger charge is 2.19. The quantitative estimate of drug-likeness (QED) is 0.335. The van der Waals surface area contributed by atoms with E-state index in [4.69, 9.17) is 9.97 Å². The molecule has 152 valence electrons. The molecule has 3 aromatic carbocycles. The largest absolute Gasteiger partial charge is 0.236 e. The van der Waals surface area contributed by atoms with Crippen molar-refractivity contribution < 1.29 is 0 Å². The van der Waals surface area contributed by atoms with Crippen LogP contribution in [-0.4, -0.2) is 9.97 Å². The van der Waals surface area contributed by atoms with Gasteiger partial charge in [0.25, 0.3) is 0 Å². The Hall–Kier alpha value is -2.74. The molecule has 1 aliphatic rings. The van der Waals surface area contributed by atoms with Crippen LogP contribution in [0.3, 0.4) is 0 Å².